The van der Waals surface area contributed by atoms with E-state index in [1.807, 2.05) is 0 Å². The van der Waals surface area contributed by atoms with Crippen molar-refractivity contribution in [3.8, 4) is 0 Å². The molecule has 7 nitrogen and oxygen atoms in total. The average Bonchev–Trinajstić information content (AvgIpc) is 3.24. The van der Waals surface area contributed by atoms with Gasteiger partial charge in [0.15, 0.2) is 5.13 Å². The molecule has 1 fully saturated rings. The number of benzene rings is 2. The van der Waals surface area contributed by atoms with Crippen molar-refractivity contribution >= 4 is 44.7 Å². The number of carbonyl (C=O) groups excluding carboxylic acids is 2. The molecule has 1 aliphatic heterocycles. The molecule has 0 bridgehead atoms. The van der Waals surface area contributed by atoms with Gasteiger partial charge in [0.25, 0.3) is 0 Å². The van der Waals surface area contributed by atoms with E-state index in [1.165, 1.54) is 29.6 Å². The fourth-order valence-corrected chi connectivity index (χ4v) is 4.58. The van der Waals surface area contributed by atoms with Gasteiger partial charge in [-0.15, -0.1) is 0 Å². The number of carboxylic acid groups (broad SMARTS) is 2. The second-order valence-corrected chi connectivity index (χ2v) is 8.53. The Kier molecular flexibility index (Phi) is 8.35. The molecule has 1 unspecified atom stereocenters. The molecule has 0 N–H and O–H groups in total. The number of fused-ring (bicyclic) bond motifs is 1. The minimum absolute atomic E-state index is 0.537. The zero-order valence-electron chi connectivity index (χ0n) is 17.8. The summed E-state index contributed by atoms with van der Waals surface area (Å²) in [5.41, 5.74) is 2.38. The number of thiazole rings is 1. The lowest BCUT2D eigenvalue weighted by Crippen LogP contribution is -2.46. The summed E-state index contributed by atoms with van der Waals surface area (Å²) in [4.78, 5) is 27.6. The number of piperidine rings is 1. The fourth-order valence-electron chi connectivity index (χ4n) is 3.58. The Morgan fingerprint density at radius 3 is 2.50 bits per heavy atom. The second kappa shape index (κ2) is 11.4. The Morgan fingerprint density at radius 1 is 1.12 bits per heavy atom. The number of anilines is 1. The van der Waals surface area contributed by atoms with Crippen LogP contribution >= 0.6 is 11.3 Å². The van der Waals surface area contributed by atoms with Crippen LogP contribution in [0.3, 0.4) is 0 Å². The van der Waals surface area contributed by atoms with Crippen molar-refractivity contribution in [2.45, 2.75) is 18.9 Å². The number of likely N-dealkylation sites (N-methyl/N-ethyl adjacent to an activating group) is 1. The quantitative estimate of drug-likeness (QED) is 0.541. The zero-order valence-corrected chi connectivity index (χ0v) is 18.7. The first-order valence-electron chi connectivity index (χ1n) is 10.4. The summed E-state index contributed by atoms with van der Waals surface area (Å²) < 4.78 is 1.27. The van der Waals surface area contributed by atoms with Crippen molar-refractivity contribution in [2.24, 2.45) is 0 Å². The summed E-state index contributed by atoms with van der Waals surface area (Å²) in [5, 5.41) is 19.0. The van der Waals surface area contributed by atoms with Gasteiger partial charge < -0.3 is 24.7 Å². The topological polar surface area (TPSA) is 99.6 Å². The predicted octanol–water partition coefficient (Wildman–Crippen LogP) is 1.40. The molecule has 1 aliphatic rings. The van der Waals surface area contributed by atoms with Crippen LogP contribution in [0.25, 0.3) is 16.3 Å². The maximum absolute atomic E-state index is 8.93. The Hall–Kier alpha value is -3.23. The van der Waals surface area contributed by atoms with Gasteiger partial charge in [-0.1, -0.05) is 66.0 Å². The number of hydrogen-bond acceptors (Lipinski definition) is 8. The minimum atomic E-state index is -2.19. The predicted molar refractivity (Wildman–Crippen MR) is 123 cm³/mol. The molecule has 0 amide bonds. The van der Waals surface area contributed by atoms with Crippen molar-refractivity contribution < 1.29 is 19.8 Å². The number of rotatable bonds is 5. The normalized spacial score (nSPS) is 16.5. The molecule has 0 aliphatic carbocycles. The third kappa shape index (κ3) is 6.63. The van der Waals surface area contributed by atoms with Crippen LogP contribution in [0.1, 0.15) is 18.4 Å². The Morgan fingerprint density at radius 2 is 1.81 bits per heavy atom. The number of nitrogens with zero attached hydrogens (tertiary/aromatic N) is 3. The summed E-state index contributed by atoms with van der Waals surface area (Å²) >= 11 is 1.80. The second-order valence-electron chi connectivity index (χ2n) is 7.52. The number of carbonyl (C=O) groups is 2. The van der Waals surface area contributed by atoms with Crippen molar-refractivity contribution in [3.05, 3.63) is 66.2 Å². The summed E-state index contributed by atoms with van der Waals surface area (Å²) in [5.74, 6) is -4.37. The smallest absolute Gasteiger partial charge is 0.186 e. The molecule has 32 heavy (non-hydrogen) atoms. The van der Waals surface area contributed by atoms with Crippen LogP contribution in [0.2, 0.25) is 0 Å². The van der Waals surface area contributed by atoms with Crippen LogP contribution in [0.5, 0.6) is 0 Å². The molecular weight excluding hydrogens is 426 g/mol. The standard InChI is InChI=1S/C22H25N3S.C2H2O4/c1-24(22-23-20-13-5-6-14-21(20)26-22)19-12-8-16-25(17-19)15-7-11-18-9-3-2-4-10-18;3-1(4)2(5)6/h2-7,9-11,13-14,19H,8,12,15-17H2,1H3;(H,3,4)(H,5,6)/p-2/b11-7+;. The molecule has 1 atom stereocenters. The highest BCUT2D eigenvalue weighted by Crippen LogP contribution is 2.30. The van der Waals surface area contributed by atoms with Crippen LogP contribution < -0.4 is 15.1 Å². The van der Waals surface area contributed by atoms with Gasteiger partial charge in [0.2, 0.25) is 0 Å². The first-order chi connectivity index (χ1) is 15.4. The lowest BCUT2D eigenvalue weighted by Gasteiger charge is -2.37. The largest absolute Gasteiger partial charge is 0.543 e. The number of aliphatic carboxylic acids is 2. The van der Waals surface area contributed by atoms with E-state index < -0.39 is 11.9 Å². The Labute approximate surface area is 191 Å². The molecule has 2 aromatic carbocycles. The SMILES string of the molecule is CN(c1nc2ccccc2s1)C1CCCN(C/C=C/c2ccccc2)C1.O=C([O-])C(=O)[O-]. The molecule has 3 aromatic rings. The third-order valence-corrected chi connectivity index (χ3v) is 6.38. The number of aromatic nitrogens is 1. The van der Waals surface area contributed by atoms with Crippen molar-refractivity contribution in [1.29, 1.82) is 0 Å². The van der Waals surface area contributed by atoms with Gasteiger partial charge in [-0.05, 0) is 37.1 Å². The van der Waals surface area contributed by atoms with E-state index in [-0.39, 0.29) is 0 Å². The molecule has 0 radical (unpaired) electrons. The van der Waals surface area contributed by atoms with E-state index in [0.717, 1.165) is 23.7 Å². The van der Waals surface area contributed by atoms with Gasteiger partial charge in [0.05, 0.1) is 22.2 Å². The molecule has 0 saturated carbocycles. The van der Waals surface area contributed by atoms with E-state index >= 15 is 0 Å². The molecule has 8 heteroatoms. The number of likely N-dealkylation sites (tertiary alicyclic amines) is 1. The van der Waals surface area contributed by atoms with Crippen molar-refractivity contribution in [1.82, 2.24) is 9.88 Å². The first kappa shape index (κ1) is 23.4. The van der Waals surface area contributed by atoms with Crippen LogP contribution in [0, 0.1) is 0 Å². The maximum Gasteiger partial charge on any atom is 0.186 e. The molecule has 2 heterocycles. The monoisotopic (exact) mass is 451 g/mol. The van der Waals surface area contributed by atoms with E-state index in [0.29, 0.717) is 6.04 Å². The van der Waals surface area contributed by atoms with Crippen LogP contribution in [-0.4, -0.2) is 54.5 Å². The highest BCUT2D eigenvalue weighted by Gasteiger charge is 2.24. The highest BCUT2D eigenvalue weighted by atomic mass is 32.1. The van der Waals surface area contributed by atoms with Crippen LogP contribution in [-0.2, 0) is 9.59 Å². The number of hydrogen-bond donors (Lipinski definition) is 0. The summed E-state index contributed by atoms with van der Waals surface area (Å²) in [6.45, 7) is 3.30. The zero-order chi connectivity index (χ0) is 22.9. The number of para-hydroxylation sites is 1. The van der Waals surface area contributed by atoms with Crippen LogP contribution in [0.15, 0.2) is 60.7 Å². The molecule has 1 saturated heterocycles. The fraction of sp³-hybridized carbons (Fsp3) is 0.292. The van der Waals surface area contributed by atoms with Gasteiger partial charge in [-0.2, -0.15) is 0 Å². The molecule has 0 spiro atoms. The van der Waals surface area contributed by atoms with Gasteiger partial charge in [0.1, 0.15) is 0 Å². The van der Waals surface area contributed by atoms with Gasteiger partial charge in [-0.3, -0.25) is 4.90 Å². The van der Waals surface area contributed by atoms with E-state index in [1.54, 1.807) is 11.3 Å². The summed E-state index contributed by atoms with van der Waals surface area (Å²) in [6.07, 6.45) is 7.00. The maximum atomic E-state index is 8.93. The Balaban J connectivity index is 0.000000427. The van der Waals surface area contributed by atoms with Crippen molar-refractivity contribution in [3.63, 3.8) is 0 Å². The lowest BCUT2D eigenvalue weighted by molar-refractivity contribution is -0.345. The number of carboxylic acids is 2. The minimum Gasteiger partial charge on any atom is -0.543 e. The lowest BCUT2D eigenvalue weighted by atomic mass is 10.0. The highest BCUT2D eigenvalue weighted by molar-refractivity contribution is 7.22. The van der Waals surface area contributed by atoms with Crippen molar-refractivity contribution in [2.75, 3.05) is 31.6 Å². The van der Waals surface area contributed by atoms with Crippen LogP contribution in [0.4, 0.5) is 5.13 Å². The first-order valence-corrected chi connectivity index (χ1v) is 11.2. The molecule has 168 valence electrons. The third-order valence-electron chi connectivity index (χ3n) is 5.25. The van der Waals surface area contributed by atoms with E-state index in [4.69, 9.17) is 24.8 Å². The van der Waals surface area contributed by atoms with Gasteiger partial charge >= 0.3 is 0 Å². The molecule has 4 rings (SSSR count). The summed E-state index contributed by atoms with van der Waals surface area (Å²) in [6, 6.07) is 19.5. The molecular formula is C24H25N3O4S-2. The molecule has 1 aromatic heterocycles. The average molecular weight is 452 g/mol. The van der Waals surface area contributed by atoms with E-state index in [9.17, 15) is 0 Å². The Bertz CT molecular complexity index is 1020. The summed E-state index contributed by atoms with van der Waals surface area (Å²) in [7, 11) is 2.20. The van der Waals surface area contributed by atoms with E-state index in [2.05, 4.69) is 83.6 Å². The van der Waals surface area contributed by atoms with Gasteiger partial charge in [0, 0.05) is 26.2 Å². The van der Waals surface area contributed by atoms with Gasteiger partial charge in [-0.25, -0.2) is 4.98 Å².